The Kier molecular flexibility index (Phi) is 5.11. The molecule has 0 bridgehead atoms. The van der Waals surface area contributed by atoms with E-state index in [0.29, 0.717) is 6.04 Å². The first kappa shape index (κ1) is 16.1. The van der Waals surface area contributed by atoms with E-state index in [1.165, 1.54) is 0 Å². The van der Waals surface area contributed by atoms with Crippen LogP contribution in [0.5, 0.6) is 0 Å². The molecule has 0 saturated carbocycles. The van der Waals surface area contributed by atoms with Crippen molar-refractivity contribution in [3.63, 3.8) is 0 Å². The molecule has 0 aromatic carbocycles. The normalized spacial score (nSPS) is 17.2. The molecular weight excluding hydrogens is 264 g/mol. The summed E-state index contributed by atoms with van der Waals surface area (Å²) in [4.78, 5) is 7.15. The van der Waals surface area contributed by atoms with Crippen molar-refractivity contribution >= 4 is 11.5 Å². The van der Waals surface area contributed by atoms with Crippen molar-refractivity contribution in [1.82, 2.24) is 19.6 Å². The molecule has 1 aromatic heterocycles. The first-order valence-electron chi connectivity index (χ1n) is 7.86. The van der Waals surface area contributed by atoms with E-state index in [9.17, 15) is 0 Å². The molecule has 21 heavy (non-hydrogen) atoms. The van der Waals surface area contributed by atoms with Gasteiger partial charge in [0.05, 0.1) is 11.4 Å². The van der Waals surface area contributed by atoms with Crippen LogP contribution in [0.25, 0.3) is 0 Å². The molecule has 0 spiro atoms. The van der Waals surface area contributed by atoms with Crippen molar-refractivity contribution in [2.75, 3.05) is 64.0 Å². The summed E-state index contributed by atoms with van der Waals surface area (Å²) in [7, 11) is 4.25. The third-order valence-corrected chi connectivity index (χ3v) is 4.13. The second-order valence-electron chi connectivity index (χ2n) is 6.49. The lowest BCUT2D eigenvalue weighted by molar-refractivity contribution is 0.228. The van der Waals surface area contributed by atoms with E-state index < -0.39 is 0 Å². The molecule has 1 fully saturated rings. The highest BCUT2D eigenvalue weighted by molar-refractivity contribution is 5.66. The number of nitrogens with zero attached hydrogens (tertiary/aromatic N) is 5. The molecule has 2 heterocycles. The number of hydrogen-bond acceptors (Lipinski definition) is 5. The van der Waals surface area contributed by atoms with Crippen molar-refractivity contribution in [3.8, 4) is 0 Å². The van der Waals surface area contributed by atoms with Gasteiger partial charge in [-0.25, -0.2) is 4.68 Å². The predicted octanol–water partition coefficient (Wildman–Crippen LogP) is 1.04. The summed E-state index contributed by atoms with van der Waals surface area (Å²) in [5.74, 6) is 1.11. The van der Waals surface area contributed by atoms with Crippen molar-refractivity contribution in [2.45, 2.75) is 26.8 Å². The van der Waals surface area contributed by atoms with Gasteiger partial charge in [-0.1, -0.05) is 0 Å². The summed E-state index contributed by atoms with van der Waals surface area (Å²) in [6.45, 7) is 12.8. The average molecular weight is 294 g/mol. The first-order valence-corrected chi connectivity index (χ1v) is 7.86. The monoisotopic (exact) mass is 294 g/mol. The Labute approximate surface area is 128 Å². The summed E-state index contributed by atoms with van der Waals surface area (Å²) >= 11 is 0. The Balaban J connectivity index is 2.02. The van der Waals surface area contributed by atoms with Gasteiger partial charge in [0, 0.05) is 45.3 Å². The highest BCUT2D eigenvalue weighted by Crippen LogP contribution is 2.29. The van der Waals surface area contributed by atoms with Gasteiger partial charge in [0.15, 0.2) is 5.82 Å². The number of anilines is 2. The zero-order valence-corrected chi connectivity index (χ0v) is 14.1. The van der Waals surface area contributed by atoms with Crippen LogP contribution in [0.15, 0.2) is 0 Å². The summed E-state index contributed by atoms with van der Waals surface area (Å²) in [6, 6.07) is 0.336. The maximum absolute atomic E-state index is 6.26. The quantitative estimate of drug-likeness (QED) is 0.879. The molecule has 120 valence electrons. The van der Waals surface area contributed by atoms with Crippen LogP contribution in [0.3, 0.4) is 0 Å². The summed E-state index contributed by atoms with van der Waals surface area (Å²) in [6.07, 6.45) is 0. The zero-order chi connectivity index (χ0) is 15.6. The Morgan fingerprint density at radius 1 is 1.19 bits per heavy atom. The zero-order valence-electron chi connectivity index (χ0n) is 14.1. The van der Waals surface area contributed by atoms with E-state index in [-0.39, 0.29) is 0 Å². The number of piperazine rings is 1. The van der Waals surface area contributed by atoms with Crippen LogP contribution in [0, 0.1) is 6.92 Å². The van der Waals surface area contributed by atoms with E-state index in [0.717, 1.165) is 56.5 Å². The third kappa shape index (κ3) is 3.68. The molecule has 2 rings (SSSR count). The maximum atomic E-state index is 6.26. The van der Waals surface area contributed by atoms with E-state index in [1.807, 2.05) is 6.92 Å². The minimum Gasteiger partial charge on any atom is -0.394 e. The largest absolute Gasteiger partial charge is 0.394 e. The molecule has 0 radical (unpaired) electrons. The van der Waals surface area contributed by atoms with E-state index in [1.54, 1.807) is 0 Å². The van der Waals surface area contributed by atoms with Crippen molar-refractivity contribution in [1.29, 1.82) is 0 Å². The van der Waals surface area contributed by atoms with Gasteiger partial charge in [0.25, 0.3) is 0 Å². The lowest BCUT2D eigenvalue weighted by Crippen LogP contribution is -2.48. The Bertz CT molecular complexity index is 457. The lowest BCUT2D eigenvalue weighted by Gasteiger charge is -2.37. The van der Waals surface area contributed by atoms with Crippen LogP contribution in [0.2, 0.25) is 0 Å². The molecule has 1 aromatic rings. The molecule has 1 aliphatic heterocycles. The molecule has 0 unspecified atom stereocenters. The smallest absolute Gasteiger partial charge is 0.151 e. The summed E-state index contributed by atoms with van der Waals surface area (Å²) in [5, 5.41) is 4.59. The number of aryl methyl sites for hydroxylation is 1. The molecule has 0 amide bonds. The van der Waals surface area contributed by atoms with Gasteiger partial charge in [-0.05, 0) is 34.9 Å². The van der Waals surface area contributed by atoms with Gasteiger partial charge < -0.3 is 15.5 Å². The van der Waals surface area contributed by atoms with E-state index in [2.05, 4.69) is 52.4 Å². The predicted molar refractivity (Wildman–Crippen MR) is 89.0 cm³/mol. The Morgan fingerprint density at radius 3 is 2.33 bits per heavy atom. The number of nitrogen functional groups attached to an aromatic ring is 1. The van der Waals surface area contributed by atoms with Gasteiger partial charge in [-0.3, -0.25) is 4.90 Å². The van der Waals surface area contributed by atoms with Gasteiger partial charge >= 0.3 is 0 Å². The van der Waals surface area contributed by atoms with Crippen molar-refractivity contribution in [2.24, 2.45) is 0 Å². The fraction of sp³-hybridized carbons (Fsp3) is 0.800. The number of aromatic nitrogens is 2. The summed E-state index contributed by atoms with van der Waals surface area (Å²) in [5.41, 5.74) is 8.04. The van der Waals surface area contributed by atoms with Gasteiger partial charge in [-0.15, -0.1) is 0 Å². The lowest BCUT2D eigenvalue weighted by atomic mass is 10.2. The van der Waals surface area contributed by atoms with Crippen molar-refractivity contribution in [3.05, 3.63) is 5.69 Å². The van der Waals surface area contributed by atoms with Crippen LogP contribution in [0.1, 0.15) is 25.6 Å². The van der Waals surface area contributed by atoms with Gasteiger partial charge in [0.2, 0.25) is 0 Å². The first-order chi connectivity index (χ1) is 9.90. The summed E-state index contributed by atoms with van der Waals surface area (Å²) < 4.78 is 2.07. The second-order valence-corrected chi connectivity index (χ2v) is 6.49. The molecule has 0 aliphatic carbocycles. The minimum absolute atomic E-state index is 0.336. The third-order valence-electron chi connectivity index (χ3n) is 4.13. The van der Waals surface area contributed by atoms with Crippen LogP contribution in [-0.4, -0.2) is 72.9 Å². The molecular formula is C15H30N6. The Morgan fingerprint density at radius 2 is 1.81 bits per heavy atom. The van der Waals surface area contributed by atoms with E-state index in [4.69, 9.17) is 5.73 Å². The highest BCUT2D eigenvalue weighted by atomic mass is 15.4. The van der Waals surface area contributed by atoms with Crippen LogP contribution < -0.4 is 10.6 Å². The van der Waals surface area contributed by atoms with Crippen LogP contribution in [0.4, 0.5) is 11.5 Å². The molecule has 1 saturated heterocycles. The number of nitrogens with two attached hydrogens (primary N) is 1. The number of rotatable bonds is 5. The van der Waals surface area contributed by atoms with Crippen LogP contribution in [-0.2, 0) is 0 Å². The maximum Gasteiger partial charge on any atom is 0.151 e. The minimum atomic E-state index is 0.336. The van der Waals surface area contributed by atoms with E-state index >= 15 is 0 Å². The molecule has 2 N–H and O–H groups in total. The molecule has 1 aliphatic rings. The Hall–Kier alpha value is -1.27. The molecule has 6 heteroatoms. The SMILES string of the molecule is Cc1nn(C(C)C)c(N2CCN(CCN(C)C)CC2)c1N. The fourth-order valence-electron chi connectivity index (χ4n) is 2.75. The highest BCUT2D eigenvalue weighted by Gasteiger charge is 2.24. The number of likely N-dealkylation sites (N-methyl/N-ethyl adjacent to an activating group) is 1. The molecule has 6 nitrogen and oxygen atoms in total. The standard InChI is InChI=1S/C15H30N6/c1-12(2)21-15(14(16)13(3)17-21)20-10-8-19(9-11-20)7-6-18(4)5/h12H,6-11,16H2,1-5H3. The van der Waals surface area contributed by atoms with Gasteiger partial charge in [-0.2, -0.15) is 5.10 Å². The number of hydrogen-bond donors (Lipinski definition) is 1. The average Bonchev–Trinajstić information content (AvgIpc) is 2.74. The topological polar surface area (TPSA) is 53.6 Å². The van der Waals surface area contributed by atoms with Crippen LogP contribution >= 0.6 is 0 Å². The van der Waals surface area contributed by atoms with Crippen molar-refractivity contribution < 1.29 is 0 Å². The molecule has 0 atom stereocenters. The fourth-order valence-corrected chi connectivity index (χ4v) is 2.75. The van der Waals surface area contributed by atoms with Gasteiger partial charge in [0.1, 0.15) is 0 Å². The second kappa shape index (κ2) is 6.66.